The molecule has 0 spiro atoms. The fraction of sp³-hybridized carbons (Fsp3) is 0.583. The Hall–Kier alpha value is -0.870. The number of carbonyl (C=O) groups is 1. The summed E-state index contributed by atoms with van der Waals surface area (Å²) in [6.07, 6.45) is 0. The minimum Gasteiger partial charge on any atom is -0.340 e. The van der Waals surface area contributed by atoms with Crippen LogP contribution in [0.1, 0.15) is 11.8 Å². The van der Waals surface area contributed by atoms with Crippen molar-refractivity contribution < 1.29 is 4.79 Å². The number of nitrogens with zero attached hydrogens (tertiary/aromatic N) is 1. The summed E-state index contributed by atoms with van der Waals surface area (Å²) in [5.74, 6) is 0.935. The van der Waals surface area contributed by atoms with Crippen LogP contribution in [0.25, 0.3) is 0 Å². The van der Waals surface area contributed by atoms with Gasteiger partial charge in [-0.05, 0) is 30.5 Å². The van der Waals surface area contributed by atoms with E-state index in [9.17, 15) is 4.79 Å². The third kappa shape index (κ3) is 2.44. The molecule has 1 fully saturated rings. The summed E-state index contributed by atoms with van der Waals surface area (Å²) >= 11 is 1.70. The summed E-state index contributed by atoms with van der Waals surface area (Å²) in [6, 6.07) is 4.10. The van der Waals surface area contributed by atoms with Crippen LogP contribution in [-0.2, 0) is 11.3 Å². The van der Waals surface area contributed by atoms with E-state index in [1.54, 1.807) is 11.3 Å². The fourth-order valence-corrected chi connectivity index (χ4v) is 2.69. The number of carbonyl (C=O) groups excluding carboxylic acids is 1. The van der Waals surface area contributed by atoms with Gasteiger partial charge in [0.1, 0.15) is 0 Å². The Morgan fingerprint density at radius 1 is 1.69 bits per heavy atom. The zero-order valence-electron chi connectivity index (χ0n) is 9.77. The smallest absolute Gasteiger partial charge is 0.225 e. The van der Waals surface area contributed by atoms with Crippen LogP contribution < -0.4 is 5.32 Å². The molecule has 1 aliphatic rings. The molecule has 1 aliphatic heterocycles. The van der Waals surface area contributed by atoms with Gasteiger partial charge in [0.15, 0.2) is 0 Å². The molecule has 1 atom stereocenters. The molecule has 1 aromatic rings. The fourth-order valence-electron chi connectivity index (χ4n) is 1.93. The molecule has 0 saturated carbocycles. The zero-order chi connectivity index (χ0) is 11.5. The van der Waals surface area contributed by atoms with Gasteiger partial charge in [-0.1, -0.05) is 13.0 Å². The largest absolute Gasteiger partial charge is 0.340 e. The van der Waals surface area contributed by atoms with Gasteiger partial charge in [0.25, 0.3) is 0 Å². The summed E-state index contributed by atoms with van der Waals surface area (Å²) in [4.78, 5) is 15.2. The van der Waals surface area contributed by atoms with Gasteiger partial charge in [-0.15, -0.1) is 11.3 Å². The molecule has 1 saturated heterocycles. The normalized spacial score (nSPS) is 17.9. The third-order valence-electron chi connectivity index (χ3n) is 3.26. The molecule has 3 nitrogen and oxygen atoms in total. The molecule has 2 heterocycles. The van der Waals surface area contributed by atoms with Crippen molar-refractivity contribution in [3.05, 3.63) is 22.4 Å². The maximum atomic E-state index is 12.1. The van der Waals surface area contributed by atoms with Crippen molar-refractivity contribution in [1.29, 1.82) is 0 Å². The highest BCUT2D eigenvalue weighted by molar-refractivity contribution is 7.09. The standard InChI is InChI=1S/C12H18N2OS/c1-9(10-6-13-7-10)12(15)14(2)8-11-4-3-5-16-11/h3-5,9-10,13H,6-8H2,1-2H3. The van der Waals surface area contributed by atoms with E-state index < -0.39 is 0 Å². The lowest BCUT2D eigenvalue weighted by Crippen LogP contribution is -2.49. The molecule has 1 aromatic heterocycles. The van der Waals surface area contributed by atoms with Crippen molar-refractivity contribution in [2.45, 2.75) is 13.5 Å². The highest BCUT2D eigenvalue weighted by Gasteiger charge is 2.30. The first-order valence-corrected chi connectivity index (χ1v) is 6.54. The van der Waals surface area contributed by atoms with Crippen LogP contribution in [0.15, 0.2) is 17.5 Å². The van der Waals surface area contributed by atoms with Crippen LogP contribution in [-0.4, -0.2) is 30.9 Å². The lowest BCUT2D eigenvalue weighted by Gasteiger charge is -2.33. The molecule has 1 unspecified atom stereocenters. The molecule has 16 heavy (non-hydrogen) atoms. The van der Waals surface area contributed by atoms with E-state index in [-0.39, 0.29) is 11.8 Å². The minimum atomic E-state index is 0.145. The molecule has 0 aliphatic carbocycles. The number of thiophene rings is 1. The number of amides is 1. The van der Waals surface area contributed by atoms with Crippen LogP contribution in [0.5, 0.6) is 0 Å². The van der Waals surface area contributed by atoms with E-state index >= 15 is 0 Å². The molecule has 0 bridgehead atoms. The monoisotopic (exact) mass is 238 g/mol. The van der Waals surface area contributed by atoms with Crippen molar-refractivity contribution >= 4 is 17.2 Å². The Labute approximate surface area is 100 Å². The second kappa shape index (κ2) is 4.97. The summed E-state index contributed by atoms with van der Waals surface area (Å²) in [7, 11) is 1.89. The SMILES string of the molecule is CC(C(=O)N(C)Cc1cccs1)C1CNC1. The Morgan fingerprint density at radius 3 is 2.94 bits per heavy atom. The maximum absolute atomic E-state index is 12.1. The number of nitrogens with one attached hydrogen (secondary N) is 1. The Kier molecular flexibility index (Phi) is 3.61. The average Bonchev–Trinajstić information content (AvgIpc) is 2.66. The van der Waals surface area contributed by atoms with Crippen molar-refractivity contribution in [3.8, 4) is 0 Å². The second-order valence-corrected chi connectivity index (χ2v) is 5.51. The van der Waals surface area contributed by atoms with Crippen LogP contribution in [0.4, 0.5) is 0 Å². The molecule has 4 heteroatoms. The summed E-state index contributed by atoms with van der Waals surface area (Å²) in [5, 5.41) is 5.26. The predicted molar refractivity (Wildman–Crippen MR) is 66.3 cm³/mol. The van der Waals surface area contributed by atoms with E-state index in [1.807, 2.05) is 30.3 Å². The van der Waals surface area contributed by atoms with Gasteiger partial charge < -0.3 is 10.2 Å². The van der Waals surface area contributed by atoms with Gasteiger partial charge in [-0.25, -0.2) is 0 Å². The van der Waals surface area contributed by atoms with Crippen molar-refractivity contribution in [2.24, 2.45) is 11.8 Å². The van der Waals surface area contributed by atoms with Crippen molar-refractivity contribution in [3.63, 3.8) is 0 Å². The third-order valence-corrected chi connectivity index (χ3v) is 4.12. The van der Waals surface area contributed by atoms with Crippen molar-refractivity contribution in [1.82, 2.24) is 10.2 Å². The van der Waals surface area contributed by atoms with Gasteiger partial charge in [0.2, 0.25) is 5.91 Å². The highest BCUT2D eigenvalue weighted by atomic mass is 32.1. The second-order valence-electron chi connectivity index (χ2n) is 4.48. The first-order chi connectivity index (χ1) is 7.68. The van der Waals surface area contributed by atoms with E-state index in [1.165, 1.54) is 4.88 Å². The average molecular weight is 238 g/mol. The van der Waals surface area contributed by atoms with E-state index in [0.717, 1.165) is 19.6 Å². The van der Waals surface area contributed by atoms with Crippen molar-refractivity contribution in [2.75, 3.05) is 20.1 Å². The Bertz CT molecular complexity index is 346. The summed E-state index contributed by atoms with van der Waals surface area (Å²) in [5.41, 5.74) is 0. The van der Waals surface area contributed by atoms with E-state index in [0.29, 0.717) is 5.92 Å². The van der Waals surface area contributed by atoms with E-state index in [2.05, 4.69) is 11.4 Å². The zero-order valence-corrected chi connectivity index (χ0v) is 10.6. The van der Waals surface area contributed by atoms with Crippen LogP contribution in [0.2, 0.25) is 0 Å². The van der Waals surface area contributed by atoms with Gasteiger partial charge in [0, 0.05) is 17.8 Å². The summed E-state index contributed by atoms with van der Waals surface area (Å²) in [6.45, 7) is 4.75. The molecule has 0 aromatic carbocycles. The van der Waals surface area contributed by atoms with Crippen LogP contribution in [0.3, 0.4) is 0 Å². The minimum absolute atomic E-state index is 0.145. The van der Waals surface area contributed by atoms with Crippen LogP contribution >= 0.6 is 11.3 Å². The Morgan fingerprint density at radius 2 is 2.44 bits per heavy atom. The van der Waals surface area contributed by atoms with Gasteiger partial charge >= 0.3 is 0 Å². The highest BCUT2D eigenvalue weighted by Crippen LogP contribution is 2.19. The summed E-state index contributed by atoms with van der Waals surface area (Å²) < 4.78 is 0. The van der Waals surface area contributed by atoms with Gasteiger partial charge in [-0.3, -0.25) is 4.79 Å². The predicted octanol–water partition coefficient (Wildman–Crippen LogP) is 1.56. The topological polar surface area (TPSA) is 32.3 Å². The van der Waals surface area contributed by atoms with Crippen LogP contribution in [0, 0.1) is 11.8 Å². The molecule has 2 rings (SSSR count). The number of hydrogen-bond acceptors (Lipinski definition) is 3. The Balaban J connectivity index is 1.88. The number of rotatable bonds is 4. The first-order valence-electron chi connectivity index (χ1n) is 5.66. The number of hydrogen-bond donors (Lipinski definition) is 1. The lowest BCUT2D eigenvalue weighted by atomic mass is 9.88. The molecule has 0 radical (unpaired) electrons. The molecule has 88 valence electrons. The molecular formula is C12H18N2OS. The molecular weight excluding hydrogens is 220 g/mol. The van der Waals surface area contributed by atoms with E-state index in [4.69, 9.17) is 0 Å². The lowest BCUT2D eigenvalue weighted by molar-refractivity contribution is -0.136. The first kappa shape index (κ1) is 11.6. The van der Waals surface area contributed by atoms with Gasteiger partial charge in [-0.2, -0.15) is 0 Å². The molecule has 1 amide bonds. The quantitative estimate of drug-likeness (QED) is 0.863. The van der Waals surface area contributed by atoms with Gasteiger partial charge in [0.05, 0.1) is 6.54 Å². The molecule has 1 N–H and O–H groups in total. The maximum Gasteiger partial charge on any atom is 0.225 e.